The smallest absolute Gasteiger partial charge is 0.250 e. The van der Waals surface area contributed by atoms with Crippen LogP contribution in [0.4, 0.5) is 0 Å². The fraction of sp³-hybridized carbons (Fsp3) is 0.636. The van der Waals surface area contributed by atoms with Gasteiger partial charge in [-0.15, -0.1) is 11.3 Å². The van der Waals surface area contributed by atoms with Crippen LogP contribution < -0.4 is 10.5 Å². The molecule has 96 valence electrons. The average molecular weight is 274 g/mol. The normalized spacial score (nSPS) is 17.1. The highest BCUT2D eigenvalue weighted by atomic mass is 32.2. The van der Waals surface area contributed by atoms with E-state index in [4.69, 9.17) is 5.73 Å². The second kappa shape index (κ2) is 5.06. The molecule has 0 spiro atoms. The predicted octanol–water partition coefficient (Wildman–Crippen LogP) is 1.59. The van der Waals surface area contributed by atoms with Crippen molar-refractivity contribution in [3.05, 3.63) is 16.5 Å². The minimum absolute atomic E-state index is 0.384. The Bertz CT molecular complexity index is 490. The lowest BCUT2D eigenvalue weighted by atomic mass is 9.86. The summed E-state index contributed by atoms with van der Waals surface area (Å²) in [7, 11) is -3.33. The molecule has 0 aliphatic heterocycles. The van der Waals surface area contributed by atoms with Crippen LogP contribution in [-0.4, -0.2) is 15.0 Å². The largest absolute Gasteiger partial charge is 0.326 e. The maximum absolute atomic E-state index is 12.0. The van der Waals surface area contributed by atoms with Crippen molar-refractivity contribution in [2.75, 3.05) is 6.54 Å². The zero-order valence-corrected chi connectivity index (χ0v) is 11.5. The average Bonchev–Trinajstić information content (AvgIpc) is 2.57. The quantitative estimate of drug-likeness (QED) is 0.856. The van der Waals surface area contributed by atoms with Crippen LogP contribution in [0.2, 0.25) is 0 Å². The van der Waals surface area contributed by atoms with Gasteiger partial charge in [0.25, 0.3) is 0 Å². The van der Waals surface area contributed by atoms with E-state index in [0.717, 1.165) is 23.3 Å². The van der Waals surface area contributed by atoms with Crippen LogP contribution in [0.3, 0.4) is 0 Å². The van der Waals surface area contributed by atoms with Crippen molar-refractivity contribution in [1.82, 2.24) is 4.72 Å². The van der Waals surface area contributed by atoms with E-state index in [1.165, 1.54) is 17.8 Å². The number of sulfonamides is 1. The van der Waals surface area contributed by atoms with Gasteiger partial charge in [-0.3, -0.25) is 0 Å². The third kappa shape index (κ3) is 2.88. The summed E-state index contributed by atoms with van der Waals surface area (Å²) in [5.41, 5.74) is 6.52. The van der Waals surface area contributed by atoms with Gasteiger partial charge < -0.3 is 5.73 Å². The number of nitrogens with two attached hydrogens (primary N) is 1. The van der Waals surface area contributed by atoms with Crippen LogP contribution in [0.5, 0.6) is 0 Å². The first-order valence-electron chi connectivity index (χ1n) is 5.82. The monoisotopic (exact) mass is 274 g/mol. The molecule has 1 aliphatic rings. The van der Waals surface area contributed by atoms with E-state index >= 15 is 0 Å². The Morgan fingerprint density at radius 1 is 1.53 bits per heavy atom. The van der Waals surface area contributed by atoms with Gasteiger partial charge in [0.1, 0.15) is 4.21 Å². The Kier molecular flexibility index (Phi) is 3.87. The molecule has 0 radical (unpaired) electrons. The molecule has 6 heteroatoms. The molecule has 3 N–H and O–H groups in total. The Hall–Kier alpha value is -0.430. The van der Waals surface area contributed by atoms with Crippen molar-refractivity contribution < 1.29 is 8.42 Å². The van der Waals surface area contributed by atoms with Gasteiger partial charge in [-0.1, -0.05) is 6.42 Å². The molecule has 2 rings (SSSR count). The van der Waals surface area contributed by atoms with E-state index in [9.17, 15) is 8.42 Å². The van der Waals surface area contributed by atoms with Gasteiger partial charge in [-0.2, -0.15) is 0 Å². The number of hydrogen-bond acceptors (Lipinski definition) is 4. The van der Waals surface area contributed by atoms with E-state index < -0.39 is 10.0 Å². The molecule has 1 heterocycles. The summed E-state index contributed by atoms with van der Waals surface area (Å²) in [6.07, 6.45) is 3.50. The summed E-state index contributed by atoms with van der Waals surface area (Å²) in [4.78, 5) is 0.939. The molecule has 1 fully saturated rings. The molecule has 0 atom stereocenters. The first kappa shape index (κ1) is 13.0. The molecular formula is C11H18N2O2S2. The Balaban J connectivity index is 2.07. The van der Waals surface area contributed by atoms with Gasteiger partial charge in [0.2, 0.25) is 10.0 Å². The molecule has 1 aromatic rings. The topological polar surface area (TPSA) is 72.2 Å². The summed E-state index contributed by atoms with van der Waals surface area (Å²) >= 11 is 1.27. The molecule has 0 amide bonds. The zero-order valence-electron chi connectivity index (χ0n) is 9.90. The number of thiophene rings is 1. The van der Waals surface area contributed by atoms with Gasteiger partial charge in [0.15, 0.2) is 0 Å². The first-order valence-corrected chi connectivity index (χ1v) is 8.12. The molecule has 4 nitrogen and oxygen atoms in total. The van der Waals surface area contributed by atoms with Crippen LogP contribution in [-0.2, 0) is 16.6 Å². The van der Waals surface area contributed by atoms with Crippen molar-refractivity contribution in [3.63, 3.8) is 0 Å². The van der Waals surface area contributed by atoms with Crippen molar-refractivity contribution >= 4 is 21.4 Å². The Morgan fingerprint density at radius 3 is 2.71 bits per heavy atom. The lowest BCUT2D eigenvalue weighted by Crippen LogP contribution is -2.31. The number of nitrogens with one attached hydrogen (secondary N) is 1. The van der Waals surface area contributed by atoms with Crippen LogP contribution >= 0.6 is 11.3 Å². The first-order chi connectivity index (χ1) is 8.03. The molecule has 17 heavy (non-hydrogen) atoms. The maximum Gasteiger partial charge on any atom is 0.250 e. The second-order valence-corrected chi connectivity index (χ2v) is 7.66. The van der Waals surface area contributed by atoms with Gasteiger partial charge in [-0.05, 0) is 37.3 Å². The van der Waals surface area contributed by atoms with Gasteiger partial charge >= 0.3 is 0 Å². The fourth-order valence-electron chi connectivity index (χ4n) is 1.82. The lowest BCUT2D eigenvalue weighted by molar-refractivity contribution is 0.316. The minimum Gasteiger partial charge on any atom is -0.326 e. The summed E-state index contributed by atoms with van der Waals surface area (Å²) in [5, 5.41) is 0. The van der Waals surface area contributed by atoms with Crippen molar-refractivity contribution in [2.45, 2.75) is 36.9 Å². The van der Waals surface area contributed by atoms with E-state index in [-0.39, 0.29) is 0 Å². The highest BCUT2D eigenvalue weighted by Gasteiger charge is 2.22. The zero-order chi connectivity index (χ0) is 12.5. The summed E-state index contributed by atoms with van der Waals surface area (Å²) in [6, 6.07) is 1.70. The third-order valence-corrected chi connectivity index (χ3v) is 6.39. The summed E-state index contributed by atoms with van der Waals surface area (Å²) < 4.78 is 27.1. The van der Waals surface area contributed by atoms with Gasteiger partial charge in [0.05, 0.1) is 0 Å². The maximum atomic E-state index is 12.0. The summed E-state index contributed by atoms with van der Waals surface area (Å²) in [6.45, 7) is 2.86. The SMILES string of the molecule is Cc1cc(S(=O)(=O)NCC2CCC2)sc1CN. The number of hydrogen-bond donors (Lipinski definition) is 2. The molecule has 0 saturated heterocycles. The Labute approximate surface area is 106 Å². The van der Waals surface area contributed by atoms with E-state index in [1.807, 2.05) is 6.92 Å². The molecule has 1 saturated carbocycles. The second-order valence-electron chi connectivity index (χ2n) is 4.52. The molecule has 0 aromatic carbocycles. The van der Waals surface area contributed by atoms with E-state index in [1.54, 1.807) is 6.07 Å². The number of aryl methyl sites for hydroxylation is 1. The minimum atomic E-state index is -3.33. The molecule has 0 unspecified atom stereocenters. The molecule has 1 aromatic heterocycles. The van der Waals surface area contributed by atoms with Crippen LogP contribution in [0, 0.1) is 12.8 Å². The molecule has 0 bridgehead atoms. The Morgan fingerprint density at radius 2 is 2.24 bits per heavy atom. The summed E-state index contributed by atoms with van der Waals surface area (Å²) in [5.74, 6) is 0.528. The van der Waals surface area contributed by atoms with Crippen LogP contribution in [0.25, 0.3) is 0 Å². The van der Waals surface area contributed by atoms with E-state index in [0.29, 0.717) is 23.2 Å². The highest BCUT2D eigenvalue weighted by molar-refractivity contribution is 7.91. The molecular weight excluding hydrogens is 256 g/mol. The van der Waals surface area contributed by atoms with Gasteiger partial charge in [0, 0.05) is 18.0 Å². The highest BCUT2D eigenvalue weighted by Crippen LogP contribution is 2.28. The van der Waals surface area contributed by atoms with Crippen molar-refractivity contribution in [3.8, 4) is 0 Å². The van der Waals surface area contributed by atoms with Crippen LogP contribution in [0.1, 0.15) is 29.7 Å². The molecule has 1 aliphatic carbocycles. The van der Waals surface area contributed by atoms with Gasteiger partial charge in [-0.25, -0.2) is 13.1 Å². The van der Waals surface area contributed by atoms with E-state index in [2.05, 4.69) is 4.72 Å². The standard InChI is InChI=1S/C11H18N2O2S2/c1-8-5-11(16-10(8)6-12)17(14,15)13-7-9-3-2-4-9/h5,9,13H,2-4,6-7,12H2,1H3. The predicted molar refractivity (Wildman–Crippen MR) is 69.5 cm³/mol. The third-order valence-electron chi connectivity index (χ3n) is 3.24. The van der Waals surface area contributed by atoms with Crippen molar-refractivity contribution in [2.24, 2.45) is 11.7 Å². The van der Waals surface area contributed by atoms with Crippen LogP contribution in [0.15, 0.2) is 10.3 Å². The lowest BCUT2D eigenvalue weighted by Gasteiger charge is -2.25. The fourth-order valence-corrected chi connectivity index (χ4v) is 4.45. The number of rotatable bonds is 5. The van der Waals surface area contributed by atoms with Crippen molar-refractivity contribution in [1.29, 1.82) is 0 Å².